The SMILES string of the molecule is COc1cc(N2CCC(N3CCC(C)CC3)CC2)ccc1NC1=NC(Nc2ccccc2P(C)(C)=O)C(Cl)C=N1. The van der Waals surface area contributed by atoms with E-state index in [0.717, 1.165) is 41.4 Å². The predicted molar refractivity (Wildman–Crippen MR) is 170 cm³/mol. The molecule has 0 radical (unpaired) electrons. The Labute approximate surface area is 243 Å². The maximum atomic E-state index is 12.8. The molecule has 3 heterocycles. The van der Waals surface area contributed by atoms with Crippen molar-refractivity contribution in [2.75, 3.05) is 62.2 Å². The van der Waals surface area contributed by atoms with E-state index in [0.29, 0.717) is 12.0 Å². The molecule has 2 saturated heterocycles. The number of nitrogens with one attached hydrogen (secondary N) is 2. The van der Waals surface area contributed by atoms with Crippen molar-refractivity contribution in [2.24, 2.45) is 15.9 Å². The summed E-state index contributed by atoms with van der Waals surface area (Å²) in [5, 5.41) is 7.01. The van der Waals surface area contributed by atoms with Gasteiger partial charge in [-0.2, -0.15) is 0 Å². The second kappa shape index (κ2) is 12.5. The molecular weight excluding hydrogens is 543 g/mol. The number of aliphatic imine (C=N–C) groups is 2. The minimum atomic E-state index is -2.48. The highest BCUT2D eigenvalue weighted by molar-refractivity contribution is 7.70. The first kappa shape index (κ1) is 29.0. The number of hydrogen-bond acceptors (Lipinski definition) is 8. The highest BCUT2D eigenvalue weighted by Crippen LogP contribution is 2.38. The molecule has 8 nitrogen and oxygen atoms in total. The summed E-state index contributed by atoms with van der Waals surface area (Å²) in [5.41, 5.74) is 2.73. The summed E-state index contributed by atoms with van der Waals surface area (Å²) in [7, 11) is -0.796. The number of hydrogen-bond donors (Lipinski definition) is 2. The second-order valence-electron chi connectivity index (χ2n) is 11.6. The van der Waals surface area contributed by atoms with Crippen molar-refractivity contribution < 1.29 is 9.30 Å². The van der Waals surface area contributed by atoms with Crippen LogP contribution in [0, 0.1) is 5.92 Å². The topological polar surface area (TPSA) is 81.6 Å². The van der Waals surface area contributed by atoms with Gasteiger partial charge < -0.3 is 29.7 Å². The van der Waals surface area contributed by atoms with Crippen LogP contribution in [0.25, 0.3) is 0 Å². The van der Waals surface area contributed by atoms with Gasteiger partial charge in [0.25, 0.3) is 0 Å². The molecule has 2 N–H and O–H groups in total. The summed E-state index contributed by atoms with van der Waals surface area (Å²) >= 11 is 6.55. The Morgan fingerprint density at radius 2 is 1.73 bits per heavy atom. The van der Waals surface area contributed by atoms with Crippen molar-refractivity contribution in [2.45, 2.75) is 50.2 Å². The van der Waals surface area contributed by atoms with Gasteiger partial charge in [-0.3, -0.25) is 0 Å². The number of rotatable bonds is 7. The highest BCUT2D eigenvalue weighted by Gasteiger charge is 2.28. The molecule has 2 fully saturated rings. The molecule has 3 aliphatic heterocycles. The first-order chi connectivity index (χ1) is 19.2. The molecule has 2 aromatic rings. The molecule has 40 heavy (non-hydrogen) atoms. The summed E-state index contributed by atoms with van der Waals surface area (Å²) in [6.45, 7) is 10.5. The van der Waals surface area contributed by atoms with Gasteiger partial charge in [0.2, 0.25) is 5.96 Å². The van der Waals surface area contributed by atoms with E-state index < -0.39 is 18.7 Å². The standard InChI is InChI=1S/C30H42ClN6O2P/c1-21-11-15-36(16-12-21)22-13-17-37(18-14-22)23-9-10-25(27(19-23)39-2)34-30-32-20-24(31)29(35-30)33-26-7-5-6-8-28(26)40(3,4)38/h5-10,19-22,24,29,33H,11-18H2,1-4H3,(H,34,35). The Kier molecular flexibility index (Phi) is 9.08. The summed E-state index contributed by atoms with van der Waals surface area (Å²) in [4.78, 5) is 14.3. The fourth-order valence-electron chi connectivity index (χ4n) is 5.84. The molecule has 2 unspecified atom stereocenters. The lowest BCUT2D eigenvalue weighted by Gasteiger charge is -2.42. The third-order valence-electron chi connectivity index (χ3n) is 8.29. The largest absolute Gasteiger partial charge is 0.494 e. The van der Waals surface area contributed by atoms with Gasteiger partial charge in [0.1, 0.15) is 24.4 Å². The minimum absolute atomic E-state index is 0.436. The number of alkyl halides is 1. The summed E-state index contributed by atoms with van der Waals surface area (Å²) < 4.78 is 18.6. The van der Waals surface area contributed by atoms with Crippen LogP contribution in [0.3, 0.4) is 0 Å². The van der Waals surface area contributed by atoms with Gasteiger partial charge in [0, 0.05) is 48.1 Å². The van der Waals surface area contributed by atoms with Crippen LogP contribution in [0.1, 0.15) is 32.6 Å². The van der Waals surface area contributed by atoms with Crippen LogP contribution < -0.4 is 25.6 Å². The van der Waals surface area contributed by atoms with E-state index in [1.807, 2.05) is 30.3 Å². The smallest absolute Gasteiger partial charge is 0.224 e. The monoisotopic (exact) mass is 584 g/mol. The average molecular weight is 585 g/mol. The number of nitrogens with zero attached hydrogens (tertiary/aromatic N) is 4. The molecular formula is C30H42ClN6O2P. The average Bonchev–Trinajstić information content (AvgIpc) is 2.95. The van der Waals surface area contributed by atoms with E-state index in [9.17, 15) is 4.57 Å². The summed E-state index contributed by atoms with van der Waals surface area (Å²) in [6.07, 6.45) is 6.26. The third kappa shape index (κ3) is 6.84. The number of piperidine rings is 2. The Balaban J connectivity index is 1.24. The fourth-order valence-corrected chi connectivity index (χ4v) is 7.18. The highest BCUT2D eigenvalue weighted by atomic mass is 35.5. The molecule has 0 saturated carbocycles. The van der Waals surface area contributed by atoms with Crippen LogP contribution in [0.15, 0.2) is 52.4 Å². The number of benzene rings is 2. The molecule has 0 amide bonds. The number of halogens is 1. The van der Waals surface area contributed by atoms with Gasteiger partial charge in [-0.25, -0.2) is 9.98 Å². The van der Waals surface area contributed by atoms with Crippen LogP contribution in [0.2, 0.25) is 0 Å². The van der Waals surface area contributed by atoms with Gasteiger partial charge in [0.05, 0.1) is 12.8 Å². The molecule has 10 heteroatoms. The molecule has 0 aromatic heterocycles. The van der Waals surface area contributed by atoms with Gasteiger partial charge in [-0.15, -0.1) is 11.6 Å². The van der Waals surface area contributed by atoms with E-state index in [1.54, 1.807) is 26.7 Å². The van der Waals surface area contributed by atoms with Gasteiger partial charge >= 0.3 is 0 Å². The van der Waals surface area contributed by atoms with Gasteiger partial charge in [0.15, 0.2) is 0 Å². The molecule has 2 atom stereocenters. The maximum Gasteiger partial charge on any atom is 0.224 e. The van der Waals surface area contributed by atoms with Crippen molar-refractivity contribution in [3.63, 3.8) is 0 Å². The number of guanidine groups is 1. The van der Waals surface area contributed by atoms with Gasteiger partial charge in [-0.05, 0) is 82.3 Å². The quantitative estimate of drug-likeness (QED) is 0.328. The normalized spacial score (nSPS) is 23.1. The van der Waals surface area contributed by atoms with Gasteiger partial charge in [-0.1, -0.05) is 19.1 Å². The van der Waals surface area contributed by atoms with Crippen molar-refractivity contribution in [1.29, 1.82) is 0 Å². The predicted octanol–water partition coefficient (Wildman–Crippen LogP) is 5.54. The summed E-state index contributed by atoms with van der Waals surface area (Å²) in [6, 6.07) is 14.6. The molecule has 0 aliphatic carbocycles. The summed E-state index contributed by atoms with van der Waals surface area (Å²) in [5.74, 6) is 2.04. The first-order valence-electron chi connectivity index (χ1n) is 14.3. The first-order valence-corrected chi connectivity index (χ1v) is 17.4. The lowest BCUT2D eigenvalue weighted by molar-refractivity contribution is 0.120. The van der Waals surface area contributed by atoms with E-state index >= 15 is 0 Å². The van der Waals surface area contributed by atoms with E-state index in [2.05, 4.69) is 44.5 Å². The molecule has 0 bridgehead atoms. The van der Waals surface area contributed by atoms with Crippen molar-refractivity contribution in [3.05, 3.63) is 42.5 Å². The lowest BCUT2D eigenvalue weighted by Crippen LogP contribution is -2.47. The zero-order valence-electron chi connectivity index (χ0n) is 24.0. The Bertz CT molecular complexity index is 1280. The van der Waals surface area contributed by atoms with Crippen molar-refractivity contribution in [3.8, 4) is 5.75 Å². The minimum Gasteiger partial charge on any atom is -0.494 e. The van der Waals surface area contributed by atoms with Crippen molar-refractivity contribution in [1.82, 2.24) is 4.90 Å². The number of likely N-dealkylation sites (tertiary alicyclic amines) is 1. The Hall–Kier alpha value is -2.54. The Morgan fingerprint density at radius 3 is 2.42 bits per heavy atom. The maximum absolute atomic E-state index is 12.8. The van der Waals surface area contributed by atoms with Crippen LogP contribution in [-0.4, -0.2) is 81.3 Å². The van der Waals surface area contributed by atoms with E-state index in [1.165, 1.54) is 44.5 Å². The van der Waals surface area contributed by atoms with Crippen LogP contribution in [0.5, 0.6) is 5.75 Å². The molecule has 216 valence electrons. The van der Waals surface area contributed by atoms with Crippen molar-refractivity contribution >= 4 is 53.3 Å². The number of methoxy groups -OCH3 is 1. The number of para-hydroxylation sites is 1. The fraction of sp³-hybridized carbons (Fsp3) is 0.533. The lowest BCUT2D eigenvalue weighted by atomic mass is 9.95. The van der Waals surface area contributed by atoms with Crippen LogP contribution >= 0.6 is 18.7 Å². The molecule has 0 spiro atoms. The second-order valence-corrected chi connectivity index (χ2v) is 15.3. The molecule has 5 rings (SSSR count). The zero-order chi connectivity index (χ0) is 28.3. The van der Waals surface area contributed by atoms with E-state index in [4.69, 9.17) is 21.3 Å². The number of anilines is 3. The van der Waals surface area contributed by atoms with E-state index in [-0.39, 0.29) is 0 Å². The zero-order valence-corrected chi connectivity index (χ0v) is 25.7. The van der Waals surface area contributed by atoms with Crippen LogP contribution in [-0.2, 0) is 4.57 Å². The molecule has 3 aliphatic rings. The third-order valence-corrected chi connectivity index (χ3v) is 10.2. The molecule has 2 aromatic carbocycles. The Morgan fingerprint density at radius 1 is 1.00 bits per heavy atom. The van der Waals surface area contributed by atoms with Crippen LogP contribution in [0.4, 0.5) is 17.1 Å². The number of ether oxygens (including phenoxy) is 1.